The van der Waals surface area contributed by atoms with Crippen LogP contribution in [0.1, 0.15) is 29.2 Å². The Morgan fingerprint density at radius 2 is 2.41 bits per heavy atom. The highest BCUT2D eigenvalue weighted by Crippen LogP contribution is 2.14. The van der Waals surface area contributed by atoms with Gasteiger partial charge in [0.2, 0.25) is 0 Å². The zero-order valence-electron chi connectivity index (χ0n) is 9.69. The van der Waals surface area contributed by atoms with E-state index in [2.05, 4.69) is 4.90 Å². The summed E-state index contributed by atoms with van der Waals surface area (Å²) in [4.78, 5) is 13.4. The highest BCUT2D eigenvalue weighted by Gasteiger charge is 2.18. The van der Waals surface area contributed by atoms with E-state index in [4.69, 9.17) is 16.0 Å². The van der Waals surface area contributed by atoms with Crippen molar-refractivity contribution in [2.75, 3.05) is 13.1 Å². The number of rotatable bonds is 3. The number of carbonyl (C=O) groups excluding carboxylic acids is 1. The fraction of sp³-hybridized carbons (Fsp3) is 0.545. The van der Waals surface area contributed by atoms with E-state index in [-0.39, 0.29) is 11.8 Å². The second-order valence-corrected chi connectivity index (χ2v) is 4.38. The van der Waals surface area contributed by atoms with Crippen LogP contribution in [0.4, 0.5) is 0 Å². The first-order chi connectivity index (χ1) is 8.19. The van der Waals surface area contributed by atoms with Crippen LogP contribution in [0.3, 0.4) is 0 Å². The van der Waals surface area contributed by atoms with Crippen molar-refractivity contribution in [1.29, 1.82) is 0 Å². The Balaban J connectivity index is 1.94. The number of hydrogen-bond acceptors (Lipinski definition) is 5. The van der Waals surface area contributed by atoms with Crippen molar-refractivity contribution in [2.24, 2.45) is 11.6 Å². The normalized spacial score (nSPS) is 21.4. The summed E-state index contributed by atoms with van der Waals surface area (Å²) >= 11 is 0. The monoisotopic (exact) mass is 238 g/mol. The van der Waals surface area contributed by atoms with Gasteiger partial charge < -0.3 is 10.2 Å². The molecule has 0 aromatic carbocycles. The maximum atomic E-state index is 11.2. The van der Waals surface area contributed by atoms with Gasteiger partial charge >= 0.3 is 5.91 Å². The zero-order valence-corrected chi connectivity index (χ0v) is 9.69. The van der Waals surface area contributed by atoms with Gasteiger partial charge in [0.15, 0.2) is 5.76 Å². The molecule has 1 aliphatic heterocycles. The number of nitrogens with zero attached hydrogens (tertiary/aromatic N) is 1. The fourth-order valence-corrected chi connectivity index (χ4v) is 2.11. The quantitative estimate of drug-likeness (QED) is 0.385. The molecule has 2 rings (SSSR count). The second kappa shape index (κ2) is 5.31. The van der Waals surface area contributed by atoms with Gasteiger partial charge in [-0.1, -0.05) is 0 Å². The molecule has 0 bridgehead atoms. The van der Waals surface area contributed by atoms with Gasteiger partial charge in [-0.05, 0) is 31.5 Å². The van der Waals surface area contributed by atoms with Crippen LogP contribution in [-0.2, 0) is 6.54 Å². The van der Waals surface area contributed by atoms with Gasteiger partial charge in [0.25, 0.3) is 0 Å². The zero-order chi connectivity index (χ0) is 12.3. The average molecular weight is 238 g/mol. The maximum Gasteiger partial charge on any atom is 0.300 e. The van der Waals surface area contributed by atoms with E-state index in [1.807, 2.05) is 5.43 Å². The van der Waals surface area contributed by atoms with E-state index in [9.17, 15) is 4.79 Å². The van der Waals surface area contributed by atoms with E-state index in [0.717, 1.165) is 31.7 Å². The number of carbonyl (C=O) groups is 1. The molecule has 6 heteroatoms. The van der Waals surface area contributed by atoms with Gasteiger partial charge in [-0.15, -0.1) is 0 Å². The predicted octanol–water partition coefficient (Wildman–Crippen LogP) is -0.194. The van der Waals surface area contributed by atoms with Crippen LogP contribution < -0.4 is 17.0 Å². The van der Waals surface area contributed by atoms with E-state index in [1.54, 1.807) is 12.1 Å². The van der Waals surface area contributed by atoms with Crippen molar-refractivity contribution in [3.05, 3.63) is 23.7 Å². The Morgan fingerprint density at radius 3 is 3.12 bits per heavy atom. The minimum atomic E-state index is -0.411. The van der Waals surface area contributed by atoms with Crippen LogP contribution in [0, 0.1) is 0 Å². The van der Waals surface area contributed by atoms with Gasteiger partial charge in [0, 0.05) is 12.6 Å². The molecule has 1 unspecified atom stereocenters. The van der Waals surface area contributed by atoms with Gasteiger partial charge in [-0.3, -0.25) is 15.1 Å². The predicted molar refractivity (Wildman–Crippen MR) is 62.8 cm³/mol. The van der Waals surface area contributed by atoms with Crippen LogP contribution in [0.2, 0.25) is 0 Å². The summed E-state index contributed by atoms with van der Waals surface area (Å²) < 4.78 is 5.40. The van der Waals surface area contributed by atoms with Crippen LogP contribution in [0.15, 0.2) is 16.5 Å². The molecule has 2 heterocycles. The SMILES string of the molecule is NNC(=O)c1ccc(CN2CCCC(N)C2)o1. The molecular weight excluding hydrogens is 220 g/mol. The summed E-state index contributed by atoms with van der Waals surface area (Å²) in [7, 11) is 0. The lowest BCUT2D eigenvalue weighted by Gasteiger charge is -2.29. The summed E-state index contributed by atoms with van der Waals surface area (Å²) in [6, 6.07) is 3.66. The van der Waals surface area contributed by atoms with Gasteiger partial charge in [-0.25, -0.2) is 5.84 Å². The number of hydrazine groups is 1. The smallest absolute Gasteiger partial charge is 0.300 e. The highest BCUT2D eigenvalue weighted by atomic mass is 16.4. The molecule has 1 aliphatic rings. The molecule has 0 saturated carbocycles. The molecule has 1 atom stereocenters. The van der Waals surface area contributed by atoms with Crippen LogP contribution in [0.25, 0.3) is 0 Å². The number of nitrogens with two attached hydrogens (primary N) is 2. The van der Waals surface area contributed by atoms with E-state index < -0.39 is 5.91 Å². The summed E-state index contributed by atoms with van der Waals surface area (Å²) in [6.07, 6.45) is 2.19. The molecule has 5 N–H and O–H groups in total. The van der Waals surface area contributed by atoms with Gasteiger partial charge in [0.1, 0.15) is 5.76 Å². The molecule has 1 saturated heterocycles. The number of hydrogen-bond donors (Lipinski definition) is 3. The van der Waals surface area contributed by atoms with Crippen molar-refractivity contribution < 1.29 is 9.21 Å². The number of nitrogen functional groups attached to an aromatic ring is 1. The van der Waals surface area contributed by atoms with Gasteiger partial charge in [0.05, 0.1) is 6.54 Å². The first-order valence-electron chi connectivity index (χ1n) is 5.76. The lowest BCUT2D eigenvalue weighted by atomic mass is 10.1. The first-order valence-corrected chi connectivity index (χ1v) is 5.76. The summed E-state index contributed by atoms with van der Waals surface area (Å²) in [5.74, 6) is 5.62. The lowest BCUT2D eigenvalue weighted by molar-refractivity contribution is 0.0921. The maximum absolute atomic E-state index is 11.2. The Labute approximate surface area is 99.9 Å². The number of piperidine rings is 1. The number of nitrogens with one attached hydrogen (secondary N) is 1. The van der Waals surface area contributed by atoms with E-state index in [1.165, 1.54) is 0 Å². The molecule has 0 spiro atoms. The third-order valence-corrected chi connectivity index (χ3v) is 2.94. The van der Waals surface area contributed by atoms with E-state index in [0.29, 0.717) is 6.54 Å². The molecule has 94 valence electrons. The topological polar surface area (TPSA) is 97.5 Å². The van der Waals surface area contributed by atoms with Crippen LogP contribution in [0.5, 0.6) is 0 Å². The van der Waals surface area contributed by atoms with Crippen molar-refractivity contribution in [1.82, 2.24) is 10.3 Å². The fourth-order valence-electron chi connectivity index (χ4n) is 2.11. The van der Waals surface area contributed by atoms with Crippen molar-refractivity contribution in [2.45, 2.75) is 25.4 Å². The number of amides is 1. The van der Waals surface area contributed by atoms with Crippen molar-refractivity contribution >= 4 is 5.91 Å². The number of likely N-dealkylation sites (tertiary alicyclic amines) is 1. The van der Waals surface area contributed by atoms with Crippen LogP contribution >= 0.6 is 0 Å². The van der Waals surface area contributed by atoms with E-state index >= 15 is 0 Å². The Kier molecular flexibility index (Phi) is 3.78. The molecule has 17 heavy (non-hydrogen) atoms. The molecule has 1 aromatic heterocycles. The Hall–Kier alpha value is -1.37. The molecule has 1 fully saturated rings. The molecule has 6 nitrogen and oxygen atoms in total. The van der Waals surface area contributed by atoms with Crippen LogP contribution in [-0.4, -0.2) is 29.9 Å². The first kappa shape index (κ1) is 12.1. The summed E-state index contributed by atoms with van der Waals surface area (Å²) in [5.41, 5.74) is 7.94. The minimum absolute atomic E-state index is 0.240. The molecule has 1 amide bonds. The third-order valence-electron chi connectivity index (χ3n) is 2.94. The summed E-state index contributed by atoms with van der Waals surface area (Å²) in [5, 5.41) is 0. The average Bonchev–Trinajstić information content (AvgIpc) is 2.76. The molecular formula is C11H18N4O2. The van der Waals surface area contributed by atoms with Crippen molar-refractivity contribution in [3.63, 3.8) is 0 Å². The molecule has 1 aromatic rings. The van der Waals surface area contributed by atoms with Gasteiger partial charge in [-0.2, -0.15) is 0 Å². The molecule has 0 radical (unpaired) electrons. The molecule has 0 aliphatic carbocycles. The number of furan rings is 1. The minimum Gasteiger partial charge on any atom is -0.455 e. The van der Waals surface area contributed by atoms with Crippen molar-refractivity contribution in [3.8, 4) is 0 Å². The standard InChI is InChI=1S/C11H18N4O2/c12-8-2-1-5-15(6-8)7-9-3-4-10(17-9)11(16)14-13/h3-4,8H,1-2,5-7,12-13H2,(H,14,16). The third kappa shape index (κ3) is 3.06. The highest BCUT2D eigenvalue weighted by molar-refractivity contribution is 5.90. The summed E-state index contributed by atoms with van der Waals surface area (Å²) in [6.45, 7) is 2.58. The Morgan fingerprint density at radius 1 is 1.59 bits per heavy atom. The largest absolute Gasteiger partial charge is 0.455 e. The lowest BCUT2D eigenvalue weighted by Crippen LogP contribution is -2.42. The Bertz CT molecular complexity index is 391. The second-order valence-electron chi connectivity index (χ2n) is 4.38.